The molecule has 5 rings (SSSR count). The predicted octanol–water partition coefficient (Wildman–Crippen LogP) is 4.95. The van der Waals surface area contributed by atoms with Crippen molar-refractivity contribution in [2.75, 3.05) is 64.7 Å². The average Bonchev–Trinajstić information content (AvgIpc) is 3.57. The highest BCUT2D eigenvalue weighted by molar-refractivity contribution is 5.50. The summed E-state index contributed by atoms with van der Waals surface area (Å²) in [6.45, 7) is 8.48. The zero-order valence-corrected chi connectivity index (χ0v) is 23.9. The van der Waals surface area contributed by atoms with Crippen molar-refractivity contribution in [3.8, 4) is 11.4 Å². The second-order valence-electron chi connectivity index (χ2n) is 10.1. The van der Waals surface area contributed by atoms with E-state index in [4.69, 9.17) is 18.9 Å². The van der Waals surface area contributed by atoms with Crippen LogP contribution in [0, 0.1) is 0 Å². The first kappa shape index (κ1) is 28.8. The molecule has 0 unspecified atom stereocenters. The van der Waals surface area contributed by atoms with Crippen molar-refractivity contribution in [2.24, 2.45) is 0 Å². The van der Waals surface area contributed by atoms with Gasteiger partial charge >= 0.3 is 0 Å². The maximum Gasteiger partial charge on any atom is 0.119 e. The van der Waals surface area contributed by atoms with Gasteiger partial charge in [0.15, 0.2) is 0 Å². The zero-order valence-electron chi connectivity index (χ0n) is 23.9. The Hall–Kier alpha value is -3.69. The molecule has 0 N–H and O–H groups in total. The molecule has 0 atom stereocenters. The summed E-state index contributed by atoms with van der Waals surface area (Å²) in [6, 6.07) is 25.5. The standard InChI is InChI=1S/C33H40N4O4/c1-38-33-10-4-6-29(23-33)25-37(24-28-5-2-8-31(21-28)36-12-11-34-27-36)32-9-3-7-30(22-32)26-41-20-19-40-18-15-35-13-16-39-17-14-35/h2-12,21-23,27H,13-20,24-26H2,1H3. The number of anilines is 1. The van der Waals surface area contributed by atoms with Gasteiger partial charge in [0.25, 0.3) is 0 Å². The Labute approximate surface area is 243 Å². The van der Waals surface area contributed by atoms with Gasteiger partial charge in [-0.15, -0.1) is 0 Å². The Balaban J connectivity index is 1.21. The highest BCUT2D eigenvalue weighted by Crippen LogP contribution is 2.24. The van der Waals surface area contributed by atoms with E-state index >= 15 is 0 Å². The summed E-state index contributed by atoms with van der Waals surface area (Å²) in [5.74, 6) is 0.860. The molecule has 8 nitrogen and oxygen atoms in total. The van der Waals surface area contributed by atoms with Crippen molar-refractivity contribution in [1.29, 1.82) is 0 Å². The van der Waals surface area contributed by atoms with E-state index in [2.05, 4.69) is 75.4 Å². The number of methoxy groups -OCH3 is 1. The number of aromatic nitrogens is 2. The molecule has 216 valence electrons. The first-order chi connectivity index (χ1) is 20.3. The fraction of sp³-hybridized carbons (Fsp3) is 0.364. The van der Waals surface area contributed by atoms with E-state index in [0.717, 1.165) is 75.2 Å². The molecule has 0 radical (unpaired) electrons. The van der Waals surface area contributed by atoms with Crippen LogP contribution in [0.25, 0.3) is 5.69 Å². The summed E-state index contributed by atoms with van der Waals surface area (Å²) >= 11 is 0. The monoisotopic (exact) mass is 556 g/mol. The summed E-state index contributed by atoms with van der Waals surface area (Å²) in [5, 5.41) is 0. The normalized spacial score (nSPS) is 13.8. The van der Waals surface area contributed by atoms with Gasteiger partial charge < -0.3 is 28.4 Å². The molecule has 8 heteroatoms. The number of hydrogen-bond acceptors (Lipinski definition) is 7. The minimum absolute atomic E-state index is 0.545. The number of imidazole rings is 1. The maximum absolute atomic E-state index is 5.97. The van der Waals surface area contributed by atoms with Gasteiger partial charge in [0, 0.05) is 56.5 Å². The molecule has 4 aromatic rings. The molecule has 1 fully saturated rings. The minimum Gasteiger partial charge on any atom is -0.497 e. The van der Waals surface area contributed by atoms with E-state index in [1.54, 1.807) is 13.3 Å². The molecular weight excluding hydrogens is 516 g/mol. The van der Waals surface area contributed by atoms with Gasteiger partial charge in [-0.05, 0) is 53.1 Å². The molecule has 41 heavy (non-hydrogen) atoms. The van der Waals surface area contributed by atoms with Crippen LogP contribution < -0.4 is 9.64 Å². The van der Waals surface area contributed by atoms with Gasteiger partial charge in [0.2, 0.25) is 0 Å². The molecule has 0 saturated carbocycles. The SMILES string of the molecule is COc1cccc(CN(Cc2cccc(-n3ccnc3)c2)c2cccc(COCCOCCN3CCOCC3)c2)c1. The molecule has 1 aliphatic heterocycles. The lowest BCUT2D eigenvalue weighted by atomic mass is 10.1. The van der Waals surface area contributed by atoms with Crippen molar-refractivity contribution in [3.05, 3.63) is 108 Å². The van der Waals surface area contributed by atoms with Gasteiger partial charge in [-0.25, -0.2) is 4.98 Å². The maximum atomic E-state index is 5.97. The second-order valence-corrected chi connectivity index (χ2v) is 10.1. The lowest BCUT2D eigenvalue weighted by Crippen LogP contribution is -2.38. The van der Waals surface area contributed by atoms with Gasteiger partial charge in [0.05, 0.1) is 53.1 Å². The third-order valence-corrected chi connectivity index (χ3v) is 7.17. The third kappa shape index (κ3) is 8.90. The van der Waals surface area contributed by atoms with E-state index in [1.165, 1.54) is 11.1 Å². The van der Waals surface area contributed by atoms with Crippen LogP contribution in [0.1, 0.15) is 16.7 Å². The van der Waals surface area contributed by atoms with Crippen LogP contribution in [0.4, 0.5) is 5.69 Å². The number of morpholine rings is 1. The topological polar surface area (TPSA) is 61.2 Å². The quantitative estimate of drug-likeness (QED) is 0.192. The van der Waals surface area contributed by atoms with Crippen molar-refractivity contribution in [2.45, 2.75) is 19.7 Å². The number of hydrogen-bond donors (Lipinski definition) is 0. The first-order valence-corrected chi connectivity index (χ1v) is 14.3. The van der Waals surface area contributed by atoms with Crippen LogP contribution in [-0.4, -0.2) is 74.2 Å². The van der Waals surface area contributed by atoms with Crippen molar-refractivity contribution >= 4 is 5.69 Å². The van der Waals surface area contributed by atoms with Gasteiger partial charge in [-0.3, -0.25) is 4.90 Å². The summed E-state index contributed by atoms with van der Waals surface area (Å²) in [5.41, 5.74) is 5.78. The van der Waals surface area contributed by atoms with Crippen LogP contribution in [0.3, 0.4) is 0 Å². The van der Waals surface area contributed by atoms with E-state index in [-0.39, 0.29) is 0 Å². The highest BCUT2D eigenvalue weighted by atomic mass is 16.5. The largest absolute Gasteiger partial charge is 0.497 e. The highest BCUT2D eigenvalue weighted by Gasteiger charge is 2.12. The fourth-order valence-corrected chi connectivity index (χ4v) is 4.95. The molecule has 3 aromatic carbocycles. The Morgan fingerprint density at radius 2 is 1.59 bits per heavy atom. The first-order valence-electron chi connectivity index (χ1n) is 14.3. The van der Waals surface area contributed by atoms with Crippen LogP contribution in [0.15, 0.2) is 91.5 Å². The number of ether oxygens (including phenoxy) is 4. The average molecular weight is 557 g/mol. The summed E-state index contributed by atoms with van der Waals surface area (Å²) in [4.78, 5) is 8.96. The van der Waals surface area contributed by atoms with E-state index in [9.17, 15) is 0 Å². The molecule has 1 saturated heterocycles. The van der Waals surface area contributed by atoms with Crippen LogP contribution >= 0.6 is 0 Å². The van der Waals surface area contributed by atoms with Gasteiger partial charge in [-0.1, -0.05) is 36.4 Å². The summed E-state index contributed by atoms with van der Waals surface area (Å²) in [6.07, 6.45) is 5.59. The molecular formula is C33H40N4O4. The van der Waals surface area contributed by atoms with E-state index in [1.807, 2.05) is 29.2 Å². The van der Waals surface area contributed by atoms with Crippen LogP contribution in [0.5, 0.6) is 5.75 Å². The number of nitrogens with zero attached hydrogens (tertiary/aromatic N) is 4. The van der Waals surface area contributed by atoms with Crippen molar-refractivity contribution in [1.82, 2.24) is 14.5 Å². The Morgan fingerprint density at radius 1 is 0.829 bits per heavy atom. The van der Waals surface area contributed by atoms with Crippen LogP contribution in [0.2, 0.25) is 0 Å². The van der Waals surface area contributed by atoms with Crippen molar-refractivity contribution < 1.29 is 18.9 Å². The van der Waals surface area contributed by atoms with Gasteiger partial charge in [0.1, 0.15) is 5.75 Å². The Morgan fingerprint density at radius 3 is 2.39 bits per heavy atom. The number of benzene rings is 3. The minimum atomic E-state index is 0.545. The lowest BCUT2D eigenvalue weighted by molar-refractivity contribution is 0.00585. The molecule has 1 aromatic heterocycles. The van der Waals surface area contributed by atoms with Crippen LogP contribution in [-0.2, 0) is 33.9 Å². The Kier molecular flexibility index (Phi) is 10.8. The molecule has 0 bridgehead atoms. The second kappa shape index (κ2) is 15.3. The third-order valence-electron chi connectivity index (χ3n) is 7.17. The molecule has 0 amide bonds. The zero-order chi connectivity index (χ0) is 28.1. The predicted molar refractivity (Wildman–Crippen MR) is 161 cm³/mol. The van der Waals surface area contributed by atoms with Gasteiger partial charge in [-0.2, -0.15) is 0 Å². The lowest BCUT2D eigenvalue weighted by Gasteiger charge is -2.26. The van der Waals surface area contributed by atoms with Crippen molar-refractivity contribution in [3.63, 3.8) is 0 Å². The smallest absolute Gasteiger partial charge is 0.119 e. The summed E-state index contributed by atoms with van der Waals surface area (Å²) in [7, 11) is 1.71. The summed E-state index contributed by atoms with van der Waals surface area (Å²) < 4.78 is 24.7. The van der Waals surface area contributed by atoms with E-state index < -0.39 is 0 Å². The van der Waals surface area contributed by atoms with E-state index in [0.29, 0.717) is 19.8 Å². The fourth-order valence-electron chi connectivity index (χ4n) is 4.95. The Bertz CT molecular complexity index is 1320. The molecule has 0 spiro atoms. The number of rotatable bonds is 15. The molecule has 2 heterocycles. The molecule has 1 aliphatic rings. The molecule has 0 aliphatic carbocycles.